The lowest BCUT2D eigenvalue weighted by Crippen LogP contribution is -2.01. The third-order valence-corrected chi connectivity index (χ3v) is 3.10. The predicted molar refractivity (Wildman–Crippen MR) is 66.5 cm³/mol. The quantitative estimate of drug-likeness (QED) is 0.824. The van der Waals surface area contributed by atoms with Crippen molar-refractivity contribution in [2.45, 2.75) is 11.0 Å². The summed E-state index contributed by atoms with van der Waals surface area (Å²) >= 11 is 1.66. The van der Waals surface area contributed by atoms with Crippen LogP contribution in [0.2, 0.25) is 0 Å². The number of rotatable bonds is 3. The van der Waals surface area contributed by atoms with Gasteiger partial charge in [-0.15, -0.1) is 11.8 Å². The average Bonchev–Trinajstić information content (AvgIpc) is 2.39. The van der Waals surface area contributed by atoms with Gasteiger partial charge in [0.15, 0.2) is 0 Å². The summed E-state index contributed by atoms with van der Waals surface area (Å²) in [5.41, 5.74) is 1.56. The molecule has 2 rings (SSSR count). The van der Waals surface area contributed by atoms with Crippen LogP contribution in [0.5, 0.6) is 0 Å². The van der Waals surface area contributed by atoms with Gasteiger partial charge < -0.3 is 5.11 Å². The molecule has 0 fully saturated rings. The smallest absolute Gasteiger partial charge is 0.121 e. The first-order chi connectivity index (χ1) is 7.81. The van der Waals surface area contributed by atoms with Gasteiger partial charge in [-0.2, -0.15) is 0 Å². The Kier molecular flexibility index (Phi) is 3.59. The summed E-state index contributed by atoms with van der Waals surface area (Å²) in [7, 11) is 0. The zero-order valence-corrected chi connectivity index (χ0v) is 9.82. The summed E-state index contributed by atoms with van der Waals surface area (Å²) < 4.78 is 0. The molecule has 0 amide bonds. The highest BCUT2D eigenvalue weighted by atomic mass is 32.2. The van der Waals surface area contributed by atoms with Crippen LogP contribution in [0.3, 0.4) is 0 Å². The van der Waals surface area contributed by atoms with Crippen LogP contribution < -0.4 is 0 Å². The fourth-order valence-corrected chi connectivity index (χ4v) is 1.99. The second kappa shape index (κ2) is 5.14. The van der Waals surface area contributed by atoms with Crippen LogP contribution in [0.1, 0.15) is 17.4 Å². The minimum Gasteiger partial charge on any atom is -0.382 e. The monoisotopic (exact) mass is 231 g/mol. The molecular weight excluding hydrogens is 218 g/mol. The maximum atomic E-state index is 10.1. The van der Waals surface area contributed by atoms with Crippen molar-refractivity contribution in [2.75, 3.05) is 6.26 Å². The van der Waals surface area contributed by atoms with Crippen LogP contribution in [-0.4, -0.2) is 16.3 Å². The Balaban J connectivity index is 2.30. The second-order valence-electron chi connectivity index (χ2n) is 3.43. The highest BCUT2D eigenvalue weighted by Gasteiger charge is 2.11. The van der Waals surface area contributed by atoms with Gasteiger partial charge in [-0.3, -0.25) is 4.98 Å². The van der Waals surface area contributed by atoms with Crippen molar-refractivity contribution in [2.24, 2.45) is 0 Å². The van der Waals surface area contributed by atoms with Crippen molar-refractivity contribution in [3.05, 3.63) is 59.9 Å². The molecule has 82 valence electrons. The molecule has 1 N–H and O–H groups in total. The van der Waals surface area contributed by atoms with E-state index in [2.05, 4.69) is 4.98 Å². The Morgan fingerprint density at radius 3 is 2.75 bits per heavy atom. The molecule has 3 heteroatoms. The molecule has 0 saturated heterocycles. The first-order valence-corrected chi connectivity index (χ1v) is 6.26. The number of aliphatic hydroxyl groups excluding tert-OH is 1. The molecule has 0 aliphatic rings. The normalized spacial score (nSPS) is 12.4. The maximum absolute atomic E-state index is 10.1. The van der Waals surface area contributed by atoms with E-state index in [1.165, 1.54) is 0 Å². The number of hydrogen-bond donors (Lipinski definition) is 1. The number of aliphatic hydroxyl groups is 1. The van der Waals surface area contributed by atoms with Gasteiger partial charge >= 0.3 is 0 Å². The van der Waals surface area contributed by atoms with Crippen molar-refractivity contribution in [1.29, 1.82) is 0 Å². The zero-order valence-electron chi connectivity index (χ0n) is 9.00. The SMILES string of the molecule is CSc1cccc(C(O)c2ccccn2)c1. The average molecular weight is 231 g/mol. The number of benzene rings is 1. The minimum atomic E-state index is -0.645. The van der Waals surface area contributed by atoms with Crippen molar-refractivity contribution < 1.29 is 5.11 Å². The summed E-state index contributed by atoms with van der Waals surface area (Å²) in [6.07, 6.45) is 3.07. The number of aromatic nitrogens is 1. The third-order valence-electron chi connectivity index (χ3n) is 2.38. The fourth-order valence-electron chi connectivity index (χ4n) is 1.52. The van der Waals surface area contributed by atoms with E-state index in [-0.39, 0.29) is 0 Å². The van der Waals surface area contributed by atoms with Crippen LogP contribution in [0.4, 0.5) is 0 Å². The highest BCUT2D eigenvalue weighted by molar-refractivity contribution is 7.98. The van der Waals surface area contributed by atoms with Crippen LogP contribution >= 0.6 is 11.8 Å². The molecule has 1 aromatic carbocycles. The van der Waals surface area contributed by atoms with Crippen molar-refractivity contribution in [3.8, 4) is 0 Å². The van der Waals surface area contributed by atoms with Gasteiger partial charge in [0.1, 0.15) is 6.10 Å². The number of nitrogens with zero attached hydrogens (tertiary/aromatic N) is 1. The van der Waals surface area contributed by atoms with Crippen molar-refractivity contribution in [3.63, 3.8) is 0 Å². The Morgan fingerprint density at radius 1 is 1.19 bits per heavy atom. The molecule has 0 spiro atoms. The first-order valence-electron chi connectivity index (χ1n) is 5.04. The summed E-state index contributed by atoms with van der Waals surface area (Å²) in [5, 5.41) is 10.1. The Hall–Kier alpha value is -1.32. The van der Waals surface area contributed by atoms with Crippen LogP contribution in [0.25, 0.3) is 0 Å². The van der Waals surface area contributed by atoms with Gasteiger partial charge in [-0.05, 0) is 36.1 Å². The van der Waals surface area contributed by atoms with E-state index < -0.39 is 6.10 Å². The van der Waals surface area contributed by atoms with E-state index in [9.17, 15) is 5.11 Å². The van der Waals surface area contributed by atoms with E-state index >= 15 is 0 Å². The molecule has 1 heterocycles. The Morgan fingerprint density at radius 2 is 2.06 bits per heavy atom. The third kappa shape index (κ3) is 2.43. The molecule has 0 radical (unpaired) electrons. The lowest BCUT2D eigenvalue weighted by molar-refractivity contribution is 0.215. The number of thioether (sulfide) groups is 1. The second-order valence-corrected chi connectivity index (χ2v) is 4.31. The van der Waals surface area contributed by atoms with E-state index in [0.717, 1.165) is 10.5 Å². The lowest BCUT2D eigenvalue weighted by Gasteiger charge is -2.10. The van der Waals surface area contributed by atoms with E-state index in [1.54, 1.807) is 18.0 Å². The zero-order chi connectivity index (χ0) is 11.4. The first kappa shape index (κ1) is 11.2. The van der Waals surface area contributed by atoms with E-state index in [0.29, 0.717) is 5.69 Å². The summed E-state index contributed by atoms with van der Waals surface area (Å²) in [6.45, 7) is 0. The maximum Gasteiger partial charge on any atom is 0.121 e. The standard InChI is InChI=1S/C13H13NOS/c1-16-11-6-4-5-10(9-11)13(15)12-7-2-3-8-14-12/h2-9,13,15H,1H3. The van der Waals surface area contributed by atoms with Gasteiger partial charge in [0.25, 0.3) is 0 Å². The summed E-state index contributed by atoms with van der Waals surface area (Å²) in [4.78, 5) is 5.30. The van der Waals surface area contributed by atoms with Gasteiger partial charge in [-0.1, -0.05) is 18.2 Å². The number of pyridine rings is 1. The van der Waals surface area contributed by atoms with Crippen LogP contribution in [0, 0.1) is 0 Å². The van der Waals surface area contributed by atoms with Crippen LogP contribution in [0.15, 0.2) is 53.6 Å². The Bertz CT molecular complexity index is 458. The molecule has 2 nitrogen and oxygen atoms in total. The molecule has 16 heavy (non-hydrogen) atoms. The summed E-state index contributed by atoms with van der Waals surface area (Å²) in [6, 6.07) is 13.4. The molecule has 0 saturated carbocycles. The van der Waals surface area contributed by atoms with Gasteiger partial charge in [0, 0.05) is 11.1 Å². The molecular formula is C13H13NOS. The number of hydrogen-bond acceptors (Lipinski definition) is 3. The predicted octanol–water partition coefficient (Wildman–Crippen LogP) is 2.89. The minimum absolute atomic E-state index is 0.645. The van der Waals surface area contributed by atoms with Crippen LogP contribution in [-0.2, 0) is 0 Å². The molecule has 1 unspecified atom stereocenters. The molecule has 0 bridgehead atoms. The van der Waals surface area contributed by atoms with Gasteiger partial charge in [0.2, 0.25) is 0 Å². The molecule has 1 aromatic heterocycles. The van der Waals surface area contributed by atoms with E-state index in [4.69, 9.17) is 0 Å². The Labute approximate surface area is 99.4 Å². The fraction of sp³-hybridized carbons (Fsp3) is 0.154. The molecule has 1 atom stereocenters. The molecule has 0 aliphatic carbocycles. The van der Waals surface area contributed by atoms with Crippen molar-refractivity contribution in [1.82, 2.24) is 4.98 Å². The topological polar surface area (TPSA) is 33.1 Å². The highest BCUT2D eigenvalue weighted by Crippen LogP contribution is 2.23. The summed E-state index contributed by atoms with van der Waals surface area (Å²) in [5.74, 6) is 0. The van der Waals surface area contributed by atoms with Gasteiger partial charge in [-0.25, -0.2) is 0 Å². The van der Waals surface area contributed by atoms with Gasteiger partial charge in [0.05, 0.1) is 5.69 Å². The molecule has 0 aliphatic heterocycles. The largest absolute Gasteiger partial charge is 0.382 e. The van der Waals surface area contributed by atoms with E-state index in [1.807, 2.05) is 48.7 Å². The molecule has 2 aromatic rings. The van der Waals surface area contributed by atoms with Crippen molar-refractivity contribution >= 4 is 11.8 Å². The lowest BCUT2D eigenvalue weighted by atomic mass is 10.1.